The highest BCUT2D eigenvalue weighted by atomic mass is 79.9. The molecule has 1 amide bonds. The van der Waals surface area contributed by atoms with Crippen molar-refractivity contribution >= 4 is 32.9 Å². The Morgan fingerprint density at radius 2 is 2.10 bits per heavy atom. The fourth-order valence-electron chi connectivity index (χ4n) is 2.15. The summed E-state index contributed by atoms with van der Waals surface area (Å²) in [5.41, 5.74) is 6.14. The number of nitrogens with zero attached hydrogens (tertiary/aromatic N) is 1. The van der Waals surface area contributed by atoms with Gasteiger partial charge in [0.1, 0.15) is 5.25 Å². The topological polar surface area (TPSA) is 93.3 Å². The summed E-state index contributed by atoms with van der Waals surface area (Å²) < 4.78 is 21.3. The second-order valence-corrected chi connectivity index (χ2v) is 7.20. The van der Waals surface area contributed by atoms with Gasteiger partial charge < -0.3 is 10.3 Å². The summed E-state index contributed by atoms with van der Waals surface area (Å²) in [7, 11) is 0. The SMILES string of the molecule is CC(C)CC(CC(C(N)=O)S(=O)O)c1cncc(Br)c1. The monoisotopic (exact) mass is 362 g/mol. The highest BCUT2D eigenvalue weighted by Crippen LogP contribution is 2.30. The number of rotatable bonds is 7. The van der Waals surface area contributed by atoms with E-state index in [1.54, 1.807) is 12.4 Å². The Morgan fingerprint density at radius 3 is 2.55 bits per heavy atom. The maximum atomic E-state index is 11.3. The lowest BCUT2D eigenvalue weighted by Crippen LogP contribution is -2.34. The molecule has 0 saturated carbocycles. The van der Waals surface area contributed by atoms with Crippen LogP contribution in [0, 0.1) is 5.92 Å². The van der Waals surface area contributed by atoms with Gasteiger partial charge in [0.05, 0.1) is 0 Å². The lowest BCUT2D eigenvalue weighted by atomic mass is 9.87. The van der Waals surface area contributed by atoms with Crippen LogP contribution in [-0.2, 0) is 15.9 Å². The third kappa shape index (κ3) is 5.30. The molecule has 3 atom stereocenters. The van der Waals surface area contributed by atoms with Gasteiger partial charge in [-0.15, -0.1) is 0 Å². The Morgan fingerprint density at radius 1 is 1.45 bits per heavy atom. The Labute approximate surface area is 129 Å². The molecule has 0 aliphatic carbocycles. The van der Waals surface area contributed by atoms with E-state index < -0.39 is 22.2 Å². The molecular formula is C13H19BrN2O3S. The minimum absolute atomic E-state index is 0.0337. The van der Waals surface area contributed by atoms with E-state index in [9.17, 15) is 13.6 Å². The third-order valence-electron chi connectivity index (χ3n) is 3.01. The number of primary amides is 1. The second-order valence-electron chi connectivity index (χ2n) is 5.17. The maximum absolute atomic E-state index is 11.3. The summed E-state index contributed by atoms with van der Waals surface area (Å²) in [5, 5.41) is -1.06. The van der Waals surface area contributed by atoms with Gasteiger partial charge in [-0.05, 0) is 52.2 Å². The van der Waals surface area contributed by atoms with Crippen LogP contribution in [0.5, 0.6) is 0 Å². The zero-order chi connectivity index (χ0) is 15.3. The van der Waals surface area contributed by atoms with Crippen LogP contribution in [0.4, 0.5) is 0 Å². The van der Waals surface area contributed by atoms with E-state index in [4.69, 9.17) is 5.73 Å². The highest BCUT2D eigenvalue weighted by Gasteiger charge is 2.27. The van der Waals surface area contributed by atoms with Crippen LogP contribution >= 0.6 is 15.9 Å². The van der Waals surface area contributed by atoms with Crippen LogP contribution in [0.15, 0.2) is 22.9 Å². The number of hydrogen-bond acceptors (Lipinski definition) is 3. The number of hydrogen-bond donors (Lipinski definition) is 2. The molecule has 0 fully saturated rings. The molecule has 0 aliphatic rings. The van der Waals surface area contributed by atoms with Crippen molar-refractivity contribution in [3.05, 3.63) is 28.5 Å². The predicted molar refractivity (Wildman–Crippen MR) is 82.5 cm³/mol. The van der Waals surface area contributed by atoms with E-state index in [1.165, 1.54) is 0 Å². The van der Waals surface area contributed by atoms with E-state index in [0.717, 1.165) is 16.5 Å². The third-order valence-corrected chi connectivity index (χ3v) is 4.36. The smallest absolute Gasteiger partial charge is 0.235 e. The van der Waals surface area contributed by atoms with Gasteiger partial charge in [-0.3, -0.25) is 9.78 Å². The summed E-state index contributed by atoms with van der Waals surface area (Å²) >= 11 is 1.10. The van der Waals surface area contributed by atoms with Gasteiger partial charge in [0.2, 0.25) is 5.91 Å². The number of aromatic nitrogens is 1. The van der Waals surface area contributed by atoms with Crippen molar-refractivity contribution in [1.29, 1.82) is 0 Å². The van der Waals surface area contributed by atoms with Crippen LogP contribution in [0.25, 0.3) is 0 Å². The molecule has 20 heavy (non-hydrogen) atoms. The molecule has 3 unspecified atom stereocenters. The molecule has 1 rings (SSSR count). The van der Waals surface area contributed by atoms with E-state index in [-0.39, 0.29) is 12.3 Å². The first-order valence-electron chi connectivity index (χ1n) is 6.30. The quantitative estimate of drug-likeness (QED) is 0.728. The van der Waals surface area contributed by atoms with Crippen LogP contribution in [0.1, 0.15) is 38.2 Å². The zero-order valence-electron chi connectivity index (χ0n) is 11.5. The van der Waals surface area contributed by atoms with Crippen molar-refractivity contribution in [3.8, 4) is 0 Å². The Hall–Kier alpha value is -0.790. The minimum atomic E-state index is -2.25. The Bertz CT molecular complexity index is 482. The summed E-state index contributed by atoms with van der Waals surface area (Å²) in [4.78, 5) is 15.4. The summed E-state index contributed by atoms with van der Waals surface area (Å²) in [6.07, 6.45) is 4.43. The van der Waals surface area contributed by atoms with Gasteiger partial charge >= 0.3 is 0 Å². The Balaban J connectivity index is 3.00. The molecule has 1 aromatic heterocycles. The zero-order valence-corrected chi connectivity index (χ0v) is 13.9. The molecular weight excluding hydrogens is 344 g/mol. The summed E-state index contributed by atoms with van der Waals surface area (Å²) in [6, 6.07) is 1.92. The van der Waals surface area contributed by atoms with Crippen LogP contribution in [-0.4, -0.2) is 24.9 Å². The largest absolute Gasteiger partial charge is 0.369 e. The van der Waals surface area contributed by atoms with Gasteiger partial charge in [-0.25, -0.2) is 4.21 Å². The van der Waals surface area contributed by atoms with Gasteiger partial charge in [0.15, 0.2) is 11.1 Å². The molecule has 1 heterocycles. The standard InChI is InChI=1S/C13H19BrN2O3S/c1-8(2)3-9(5-12(13(15)17)20(18)19)10-4-11(14)7-16-6-10/h4,6-9,12H,3,5H2,1-2H3,(H2,15,17)(H,18,19). The molecule has 0 radical (unpaired) electrons. The maximum Gasteiger partial charge on any atom is 0.235 e. The molecule has 5 nitrogen and oxygen atoms in total. The van der Waals surface area contributed by atoms with Crippen LogP contribution in [0.2, 0.25) is 0 Å². The first-order chi connectivity index (χ1) is 9.31. The van der Waals surface area contributed by atoms with E-state index in [2.05, 4.69) is 34.8 Å². The summed E-state index contributed by atoms with van der Waals surface area (Å²) in [6.45, 7) is 4.13. The first-order valence-corrected chi connectivity index (χ1v) is 8.27. The molecule has 3 N–H and O–H groups in total. The molecule has 1 aromatic rings. The average molecular weight is 363 g/mol. The van der Waals surface area contributed by atoms with Crippen molar-refractivity contribution in [2.24, 2.45) is 11.7 Å². The van der Waals surface area contributed by atoms with Crippen LogP contribution < -0.4 is 5.73 Å². The number of pyridine rings is 1. The summed E-state index contributed by atoms with van der Waals surface area (Å²) in [5.74, 6) is -0.393. The van der Waals surface area contributed by atoms with Gasteiger partial charge in [-0.2, -0.15) is 0 Å². The van der Waals surface area contributed by atoms with Crippen molar-refractivity contribution < 1.29 is 13.6 Å². The second kappa shape index (κ2) is 7.85. The van der Waals surface area contributed by atoms with E-state index in [1.807, 2.05) is 6.07 Å². The molecule has 112 valence electrons. The van der Waals surface area contributed by atoms with Crippen molar-refractivity contribution in [1.82, 2.24) is 4.98 Å². The minimum Gasteiger partial charge on any atom is -0.369 e. The molecule has 0 bridgehead atoms. The fourth-order valence-corrected chi connectivity index (χ4v) is 3.12. The molecule has 0 saturated heterocycles. The lowest BCUT2D eigenvalue weighted by Gasteiger charge is -2.22. The average Bonchev–Trinajstić information content (AvgIpc) is 2.32. The first kappa shape index (κ1) is 17.3. The number of carbonyl (C=O) groups is 1. The van der Waals surface area contributed by atoms with Crippen molar-refractivity contribution in [2.45, 2.75) is 37.9 Å². The normalized spacial score (nSPS) is 15.8. The van der Waals surface area contributed by atoms with Gasteiger partial charge in [0.25, 0.3) is 0 Å². The molecule has 0 spiro atoms. The molecule has 0 aliphatic heterocycles. The van der Waals surface area contributed by atoms with E-state index in [0.29, 0.717) is 5.92 Å². The lowest BCUT2D eigenvalue weighted by molar-refractivity contribution is -0.117. The highest BCUT2D eigenvalue weighted by molar-refractivity contribution is 9.10. The number of carbonyl (C=O) groups excluding carboxylic acids is 1. The van der Waals surface area contributed by atoms with Crippen molar-refractivity contribution in [3.63, 3.8) is 0 Å². The predicted octanol–water partition coefficient (Wildman–Crippen LogP) is 2.44. The number of amides is 1. The number of halogens is 1. The van der Waals surface area contributed by atoms with Gasteiger partial charge in [0, 0.05) is 16.9 Å². The molecule has 0 aromatic carbocycles. The van der Waals surface area contributed by atoms with Gasteiger partial charge in [-0.1, -0.05) is 13.8 Å². The fraction of sp³-hybridized carbons (Fsp3) is 0.538. The molecule has 7 heteroatoms. The van der Waals surface area contributed by atoms with Crippen molar-refractivity contribution in [2.75, 3.05) is 0 Å². The number of nitrogens with two attached hydrogens (primary N) is 1. The Kier molecular flexibility index (Phi) is 6.78. The van der Waals surface area contributed by atoms with Crippen LogP contribution in [0.3, 0.4) is 0 Å². The van der Waals surface area contributed by atoms with E-state index >= 15 is 0 Å².